The first-order valence-corrected chi connectivity index (χ1v) is 5.94. The van der Waals surface area contributed by atoms with Crippen molar-refractivity contribution < 1.29 is 14.3 Å². The Hall–Kier alpha value is -0.910. The van der Waals surface area contributed by atoms with E-state index in [1.54, 1.807) is 11.8 Å². The van der Waals surface area contributed by atoms with Crippen molar-refractivity contribution in [3.63, 3.8) is 0 Å². The summed E-state index contributed by atoms with van der Waals surface area (Å²) in [6, 6.07) is 0. The molecule has 17 heavy (non-hydrogen) atoms. The number of aromatic nitrogens is 2. The molecule has 0 saturated carbocycles. The molecule has 0 amide bonds. The number of carbonyl (C=O) groups is 1. The van der Waals surface area contributed by atoms with E-state index in [0.717, 1.165) is 6.42 Å². The van der Waals surface area contributed by atoms with Crippen molar-refractivity contribution in [3.05, 3.63) is 16.9 Å². The molecule has 0 aliphatic carbocycles. The first kappa shape index (κ1) is 12.5. The van der Waals surface area contributed by atoms with Crippen LogP contribution in [0.15, 0.2) is 6.20 Å². The minimum absolute atomic E-state index is 0.0149. The zero-order chi connectivity index (χ0) is 12.3. The Balaban J connectivity index is 2.17. The van der Waals surface area contributed by atoms with Crippen molar-refractivity contribution in [2.24, 2.45) is 5.92 Å². The number of Topliss-reactive ketones (excluding diaryl/α,β-unsaturated/α-hetero) is 1. The van der Waals surface area contributed by atoms with Crippen LogP contribution in [0.1, 0.15) is 16.9 Å². The predicted octanol–water partition coefficient (Wildman–Crippen LogP) is 1.40. The summed E-state index contributed by atoms with van der Waals surface area (Å²) in [5.41, 5.74) is 0.471. The van der Waals surface area contributed by atoms with Crippen molar-refractivity contribution in [3.8, 4) is 0 Å². The van der Waals surface area contributed by atoms with Crippen LogP contribution in [0.2, 0.25) is 5.02 Å². The third-order valence-electron chi connectivity index (χ3n) is 2.84. The Morgan fingerprint density at radius 3 is 3.24 bits per heavy atom. The van der Waals surface area contributed by atoms with Gasteiger partial charge in [0.05, 0.1) is 31.0 Å². The average molecular weight is 259 g/mol. The number of halogens is 1. The summed E-state index contributed by atoms with van der Waals surface area (Å²) in [6.45, 7) is 2.14. The highest BCUT2D eigenvalue weighted by atomic mass is 35.5. The molecule has 0 spiro atoms. The van der Waals surface area contributed by atoms with E-state index in [2.05, 4.69) is 5.10 Å². The van der Waals surface area contributed by atoms with E-state index in [4.69, 9.17) is 21.1 Å². The van der Waals surface area contributed by atoms with Gasteiger partial charge in [-0.1, -0.05) is 11.6 Å². The highest BCUT2D eigenvalue weighted by molar-refractivity contribution is 6.33. The van der Waals surface area contributed by atoms with Crippen molar-refractivity contribution >= 4 is 17.4 Å². The number of hydrogen-bond acceptors (Lipinski definition) is 4. The van der Waals surface area contributed by atoms with E-state index < -0.39 is 0 Å². The van der Waals surface area contributed by atoms with Crippen LogP contribution in [0.4, 0.5) is 0 Å². The van der Waals surface area contributed by atoms with Gasteiger partial charge in [-0.05, 0) is 6.42 Å². The van der Waals surface area contributed by atoms with Crippen LogP contribution in [0.25, 0.3) is 0 Å². The van der Waals surface area contributed by atoms with Gasteiger partial charge in [0.1, 0.15) is 5.69 Å². The Morgan fingerprint density at radius 2 is 2.59 bits per heavy atom. The molecule has 1 fully saturated rings. The second-order valence-corrected chi connectivity index (χ2v) is 4.39. The van der Waals surface area contributed by atoms with Gasteiger partial charge in [-0.2, -0.15) is 5.10 Å². The van der Waals surface area contributed by atoms with E-state index >= 15 is 0 Å². The van der Waals surface area contributed by atoms with E-state index in [1.165, 1.54) is 6.20 Å². The average Bonchev–Trinajstić information content (AvgIpc) is 2.95. The molecule has 0 aromatic carbocycles. The standard InChI is InChI=1S/C11H15ClN2O3/c1-16-5-3-14-10(9(12)6-13-14)11(15)8-2-4-17-7-8/h6,8H,2-5,7H2,1H3. The molecule has 5 nitrogen and oxygen atoms in total. The van der Waals surface area contributed by atoms with Gasteiger partial charge < -0.3 is 9.47 Å². The molecule has 0 bridgehead atoms. The molecule has 1 aromatic rings. The van der Waals surface area contributed by atoms with E-state index in [1.807, 2.05) is 0 Å². The van der Waals surface area contributed by atoms with Crippen LogP contribution in [0.3, 0.4) is 0 Å². The summed E-state index contributed by atoms with van der Waals surface area (Å²) in [6.07, 6.45) is 2.25. The number of carbonyl (C=O) groups excluding carboxylic acids is 1. The number of methoxy groups -OCH3 is 1. The zero-order valence-corrected chi connectivity index (χ0v) is 10.4. The van der Waals surface area contributed by atoms with Crippen LogP contribution in [-0.4, -0.2) is 42.5 Å². The first-order valence-electron chi connectivity index (χ1n) is 5.56. The van der Waals surface area contributed by atoms with Crippen LogP contribution < -0.4 is 0 Å². The van der Waals surface area contributed by atoms with Gasteiger partial charge in [0.2, 0.25) is 0 Å². The fraction of sp³-hybridized carbons (Fsp3) is 0.636. The van der Waals surface area contributed by atoms with E-state index in [0.29, 0.717) is 37.1 Å². The van der Waals surface area contributed by atoms with Gasteiger partial charge in [0.15, 0.2) is 5.78 Å². The van der Waals surface area contributed by atoms with Gasteiger partial charge in [-0.15, -0.1) is 0 Å². The number of ketones is 1. The molecule has 0 radical (unpaired) electrons. The summed E-state index contributed by atoms with van der Waals surface area (Å²) in [7, 11) is 1.61. The lowest BCUT2D eigenvalue weighted by atomic mass is 10.0. The minimum Gasteiger partial charge on any atom is -0.383 e. The maximum absolute atomic E-state index is 12.2. The predicted molar refractivity (Wildman–Crippen MR) is 62.4 cm³/mol. The van der Waals surface area contributed by atoms with Crippen LogP contribution in [0, 0.1) is 5.92 Å². The maximum atomic E-state index is 12.2. The molecule has 1 aliphatic heterocycles. The lowest BCUT2D eigenvalue weighted by Crippen LogP contribution is -2.21. The number of ether oxygens (including phenoxy) is 2. The molecule has 1 unspecified atom stereocenters. The Labute approximate surface area is 105 Å². The molecule has 1 atom stereocenters. The zero-order valence-electron chi connectivity index (χ0n) is 9.69. The summed E-state index contributed by atoms with van der Waals surface area (Å²) in [4.78, 5) is 12.2. The molecule has 1 aromatic heterocycles. The molecule has 94 valence electrons. The molecule has 1 saturated heterocycles. The largest absolute Gasteiger partial charge is 0.383 e. The normalized spacial score (nSPS) is 19.8. The topological polar surface area (TPSA) is 53.4 Å². The first-order chi connectivity index (χ1) is 8.24. The minimum atomic E-state index is -0.0921. The Kier molecular flexibility index (Phi) is 4.15. The van der Waals surface area contributed by atoms with Crippen molar-refractivity contribution in [2.45, 2.75) is 13.0 Å². The monoisotopic (exact) mass is 258 g/mol. The summed E-state index contributed by atoms with van der Waals surface area (Å²) < 4.78 is 11.8. The third-order valence-corrected chi connectivity index (χ3v) is 3.11. The van der Waals surface area contributed by atoms with Crippen molar-refractivity contribution in [2.75, 3.05) is 26.9 Å². The smallest absolute Gasteiger partial charge is 0.187 e. The molecule has 2 rings (SSSR count). The number of hydrogen-bond donors (Lipinski definition) is 0. The maximum Gasteiger partial charge on any atom is 0.187 e. The van der Waals surface area contributed by atoms with Crippen molar-refractivity contribution in [1.29, 1.82) is 0 Å². The summed E-state index contributed by atoms with van der Waals surface area (Å²) in [5.74, 6) is -0.0772. The van der Waals surface area contributed by atoms with Gasteiger partial charge in [-0.25, -0.2) is 0 Å². The number of rotatable bonds is 5. The SMILES string of the molecule is COCCn1ncc(Cl)c1C(=O)C1CCOC1. The van der Waals surface area contributed by atoms with E-state index in [9.17, 15) is 4.79 Å². The molecular formula is C11H15ClN2O3. The van der Waals surface area contributed by atoms with Crippen LogP contribution in [-0.2, 0) is 16.0 Å². The molecule has 1 aliphatic rings. The second-order valence-electron chi connectivity index (χ2n) is 3.98. The lowest BCUT2D eigenvalue weighted by Gasteiger charge is -2.10. The van der Waals surface area contributed by atoms with Gasteiger partial charge >= 0.3 is 0 Å². The fourth-order valence-corrected chi connectivity index (χ4v) is 2.12. The summed E-state index contributed by atoms with van der Waals surface area (Å²) >= 11 is 6.01. The van der Waals surface area contributed by atoms with Crippen LogP contribution >= 0.6 is 11.6 Å². The number of nitrogens with zero attached hydrogens (tertiary/aromatic N) is 2. The highest BCUT2D eigenvalue weighted by Gasteiger charge is 2.29. The van der Waals surface area contributed by atoms with Gasteiger partial charge in [0.25, 0.3) is 0 Å². The van der Waals surface area contributed by atoms with Crippen molar-refractivity contribution in [1.82, 2.24) is 9.78 Å². The second kappa shape index (κ2) is 5.62. The highest BCUT2D eigenvalue weighted by Crippen LogP contribution is 2.23. The molecular weight excluding hydrogens is 244 g/mol. The van der Waals surface area contributed by atoms with Gasteiger partial charge in [-0.3, -0.25) is 9.48 Å². The lowest BCUT2D eigenvalue weighted by molar-refractivity contribution is 0.0886. The Bertz CT molecular complexity index is 399. The van der Waals surface area contributed by atoms with Crippen LogP contribution in [0.5, 0.6) is 0 Å². The summed E-state index contributed by atoms with van der Waals surface area (Å²) in [5, 5.41) is 4.49. The molecule has 2 heterocycles. The van der Waals surface area contributed by atoms with Gasteiger partial charge in [0, 0.05) is 19.6 Å². The van der Waals surface area contributed by atoms with E-state index in [-0.39, 0.29) is 11.7 Å². The fourth-order valence-electron chi connectivity index (χ4n) is 1.89. The third kappa shape index (κ3) is 2.68. The molecule has 6 heteroatoms. The molecule has 0 N–H and O–H groups in total. The quantitative estimate of drug-likeness (QED) is 0.750. The Morgan fingerprint density at radius 1 is 1.76 bits per heavy atom.